The summed E-state index contributed by atoms with van der Waals surface area (Å²) in [6, 6.07) is 3.59. The van der Waals surface area contributed by atoms with Crippen molar-refractivity contribution >= 4 is 0 Å². The third-order valence-electron chi connectivity index (χ3n) is 5.19. The van der Waals surface area contributed by atoms with Crippen LogP contribution in [0, 0.1) is 5.92 Å². The Morgan fingerprint density at radius 2 is 1.96 bits per heavy atom. The van der Waals surface area contributed by atoms with E-state index in [1.165, 1.54) is 12.8 Å². The minimum absolute atomic E-state index is 0.0286. The van der Waals surface area contributed by atoms with Gasteiger partial charge in [0.2, 0.25) is 0 Å². The van der Waals surface area contributed by atoms with Crippen molar-refractivity contribution in [1.82, 2.24) is 29.4 Å². The summed E-state index contributed by atoms with van der Waals surface area (Å²) in [6.07, 6.45) is 6.36. The van der Waals surface area contributed by atoms with Crippen molar-refractivity contribution in [2.45, 2.75) is 44.7 Å². The monoisotopic (exact) mass is 328 g/mol. The van der Waals surface area contributed by atoms with Crippen LogP contribution in [0.25, 0.3) is 0 Å². The van der Waals surface area contributed by atoms with Gasteiger partial charge in [-0.1, -0.05) is 0 Å². The van der Waals surface area contributed by atoms with Gasteiger partial charge >= 0.3 is 0 Å². The Balaban J connectivity index is 1.34. The second kappa shape index (κ2) is 6.47. The van der Waals surface area contributed by atoms with Crippen molar-refractivity contribution in [3.63, 3.8) is 0 Å². The first-order valence-corrected chi connectivity index (χ1v) is 8.82. The Morgan fingerprint density at radius 1 is 1.17 bits per heavy atom. The molecule has 7 heteroatoms. The molecule has 4 rings (SSSR count). The maximum Gasteiger partial charge on any atom is 0.266 e. The highest BCUT2D eigenvalue weighted by Gasteiger charge is 2.26. The molecule has 2 aromatic heterocycles. The molecule has 0 amide bonds. The molecule has 1 saturated carbocycles. The number of aryl methyl sites for hydroxylation is 1. The third-order valence-corrected chi connectivity index (χ3v) is 5.19. The Hall–Kier alpha value is -2.02. The zero-order valence-electron chi connectivity index (χ0n) is 14.1. The molecular formula is C17H24N6O. The molecule has 2 fully saturated rings. The van der Waals surface area contributed by atoms with Gasteiger partial charge in [0.25, 0.3) is 5.56 Å². The highest BCUT2D eigenvalue weighted by molar-refractivity contribution is 5.12. The molecule has 2 aliphatic rings. The summed E-state index contributed by atoms with van der Waals surface area (Å²) >= 11 is 0. The van der Waals surface area contributed by atoms with Crippen molar-refractivity contribution in [3.05, 3.63) is 40.3 Å². The highest BCUT2D eigenvalue weighted by Crippen LogP contribution is 2.38. The topological polar surface area (TPSA) is 68.8 Å². The minimum atomic E-state index is 0.0286. The fourth-order valence-electron chi connectivity index (χ4n) is 3.41. The molecule has 1 aliphatic carbocycles. The summed E-state index contributed by atoms with van der Waals surface area (Å²) in [5, 5.41) is 12.7. The summed E-state index contributed by atoms with van der Waals surface area (Å²) in [5.41, 5.74) is 1.12. The number of likely N-dealkylation sites (tertiary alicyclic amines) is 1. The van der Waals surface area contributed by atoms with Gasteiger partial charge in [-0.25, -0.2) is 4.68 Å². The summed E-state index contributed by atoms with van der Waals surface area (Å²) in [5.74, 6) is 2.12. The lowest BCUT2D eigenvalue weighted by Crippen LogP contribution is -2.37. The first-order chi connectivity index (χ1) is 11.7. The van der Waals surface area contributed by atoms with Crippen LogP contribution < -0.4 is 5.56 Å². The summed E-state index contributed by atoms with van der Waals surface area (Å²) in [6.45, 7) is 3.67. The van der Waals surface area contributed by atoms with Crippen LogP contribution >= 0.6 is 0 Å². The number of rotatable bonds is 5. The average Bonchev–Trinajstić information content (AvgIpc) is 3.36. The first kappa shape index (κ1) is 15.5. The average molecular weight is 328 g/mol. The molecule has 0 atom stereocenters. The fraction of sp³-hybridized carbons (Fsp3) is 0.647. The van der Waals surface area contributed by atoms with Gasteiger partial charge in [0.15, 0.2) is 0 Å². The van der Waals surface area contributed by atoms with E-state index in [0.29, 0.717) is 11.8 Å². The largest absolute Gasteiger partial charge is 0.320 e. The van der Waals surface area contributed by atoms with Gasteiger partial charge in [-0.3, -0.25) is 9.69 Å². The van der Waals surface area contributed by atoms with Gasteiger partial charge < -0.3 is 4.57 Å². The zero-order chi connectivity index (χ0) is 16.5. The van der Waals surface area contributed by atoms with E-state index in [2.05, 4.69) is 20.2 Å². The molecule has 2 aromatic rings. The van der Waals surface area contributed by atoms with Crippen LogP contribution in [0.2, 0.25) is 0 Å². The predicted octanol–water partition coefficient (Wildman–Crippen LogP) is 1.16. The molecule has 7 nitrogen and oxygen atoms in total. The molecule has 0 unspecified atom stereocenters. The van der Waals surface area contributed by atoms with Crippen LogP contribution in [0.15, 0.2) is 23.3 Å². The number of aromatic nitrogens is 5. The van der Waals surface area contributed by atoms with E-state index in [4.69, 9.17) is 0 Å². The summed E-state index contributed by atoms with van der Waals surface area (Å²) in [7, 11) is 1.98. The van der Waals surface area contributed by atoms with Gasteiger partial charge in [-0.15, -0.1) is 10.2 Å². The number of hydrogen-bond acceptors (Lipinski definition) is 5. The van der Waals surface area contributed by atoms with Crippen molar-refractivity contribution in [2.75, 3.05) is 13.1 Å². The highest BCUT2D eigenvalue weighted by atomic mass is 16.1. The number of piperidine rings is 1. The minimum Gasteiger partial charge on any atom is -0.320 e. The molecular weight excluding hydrogens is 304 g/mol. The Bertz CT molecular complexity index is 754. The maximum absolute atomic E-state index is 12.1. The van der Waals surface area contributed by atoms with Gasteiger partial charge in [0, 0.05) is 25.6 Å². The lowest BCUT2D eigenvalue weighted by molar-refractivity contribution is 0.159. The second-order valence-electron chi connectivity index (χ2n) is 7.13. The lowest BCUT2D eigenvalue weighted by Gasteiger charge is -2.31. The summed E-state index contributed by atoms with van der Waals surface area (Å²) in [4.78, 5) is 14.5. The number of hydrogen-bond donors (Lipinski definition) is 0. The lowest BCUT2D eigenvalue weighted by atomic mass is 9.97. The van der Waals surface area contributed by atoms with E-state index in [1.807, 2.05) is 17.7 Å². The fourth-order valence-corrected chi connectivity index (χ4v) is 3.41. The number of nitrogens with zero attached hydrogens (tertiary/aromatic N) is 6. The van der Waals surface area contributed by atoms with Crippen LogP contribution in [0.1, 0.15) is 43.1 Å². The SMILES string of the molecule is Cn1cnnc1CN1CCC(Cn2nc(C3CC3)ccc2=O)CC1. The van der Waals surface area contributed by atoms with Crippen LogP contribution in [0.5, 0.6) is 0 Å². The van der Waals surface area contributed by atoms with Crippen LogP contribution in [0.4, 0.5) is 0 Å². The molecule has 24 heavy (non-hydrogen) atoms. The molecule has 0 spiro atoms. The Kier molecular flexibility index (Phi) is 4.18. The van der Waals surface area contributed by atoms with E-state index >= 15 is 0 Å². The molecule has 0 radical (unpaired) electrons. The van der Waals surface area contributed by atoms with Gasteiger partial charge in [-0.05, 0) is 50.8 Å². The van der Waals surface area contributed by atoms with E-state index in [0.717, 1.165) is 50.5 Å². The van der Waals surface area contributed by atoms with Gasteiger partial charge in [0.1, 0.15) is 12.2 Å². The molecule has 0 N–H and O–H groups in total. The molecule has 0 aromatic carbocycles. The quantitative estimate of drug-likeness (QED) is 0.824. The Labute approximate surface area is 141 Å². The van der Waals surface area contributed by atoms with Crippen molar-refractivity contribution in [3.8, 4) is 0 Å². The van der Waals surface area contributed by atoms with Gasteiger partial charge in [-0.2, -0.15) is 5.10 Å². The normalized spacial score (nSPS) is 19.7. The van der Waals surface area contributed by atoms with Crippen LogP contribution in [0.3, 0.4) is 0 Å². The maximum atomic E-state index is 12.1. The molecule has 1 aliphatic heterocycles. The van der Waals surface area contributed by atoms with Crippen LogP contribution in [-0.4, -0.2) is 42.5 Å². The Morgan fingerprint density at radius 3 is 2.62 bits per heavy atom. The van der Waals surface area contributed by atoms with E-state index in [-0.39, 0.29) is 5.56 Å². The van der Waals surface area contributed by atoms with Crippen molar-refractivity contribution in [2.24, 2.45) is 13.0 Å². The standard InChI is InChI=1S/C17H24N6O/c1-21-12-18-19-16(21)11-22-8-6-13(7-9-22)10-23-17(24)5-4-15(20-23)14-2-3-14/h4-5,12-14H,2-3,6-11H2,1H3. The van der Waals surface area contributed by atoms with Gasteiger partial charge in [0.05, 0.1) is 12.2 Å². The third kappa shape index (κ3) is 3.40. The first-order valence-electron chi connectivity index (χ1n) is 8.82. The molecule has 0 bridgehead atoms. The molecule has 1 saturated heterocycles. The van der Waals surface area contributed by atoms with E-state index < -0.39 is 0 Å². The zero-order valence-corrected chi connectivity index (χ0v) is 14.1. The molecule has 3 heterocycles. The predicted molar refractivity (Wildman–Crippen MR) is 89.5 cm³/mol. The van der Waals surface area contributed by atoms with Crippen molar-refractivity contribution < 1.29 is 0 Å². The second-order valence-corrected chi connectivity index (χ2v) is 7.13. The van der Waals surface area contributed by atoms with E-state index in [9.17, 15) is 4.79 Å². The van der Waals surface area contributed by atoms with Crippen molar-refractivity contribution in [1.29, 1.82) is 0 Å². The smallest absolute Gasteiger partial charge is 0.266 e. The van der Waals surface area contributed by atoms with E-state index in [1.54, 1.807) is 17.1 Å². The van der Waals surface area contributed by atoms with Crippen LogP contribution in [-0.2, 0) is 20.1 Å². The molecule has 128 valence electrons. The summed E-state index contributed by atoms with van der Waals surface area (Å²) < 4.78 is 3.66.